The lowest BCUT2D eigenvalue weighted by atomic mass is 10.1. The SMILES string of the molecule is CCCCC(C)Nc1ccc(OC)c(OC)c1. The number of methoxy groups -OCH3 is 2. The molecule has 0 aliphatic rings. The van der Waals surface area contributed by atoms with Gasteiger partial charge in [-0.25, -0.2) is 0 Å². The van der Waals surface area contributed by atoms with E-state index < -0.39 is 0 Å². The van der Waals surface area contributed by atoms with E-state index in [-0.39, 0.29) is 0 Å². The predicted octanol–water partition coefficient (Wildman–Crippen LogP) is 3.69. The first-order valence-corrected chi connectivity index (χ1v) is 6.19. The van der Waals surface area contributed by atoms with E-state index in [4.69, 9.17) is 9.47 Å². The van der Waals surface area contributed by atoms with Crippen LogP contribution in [0.2, 0.25) is 0 Å². The Morgan fingerprint density at radius 3 is 2.47 bits per heavy atom. The van der Waals surface area contributed by atoms with E-state index in [1.54, 1.807) is 14.2 Å². The highest BCUT2D eigenvalue weighted by Crippen LogP contribution is 2.30. The summed E-state index contributed by atoms with van der Waals surface area (Å²) in [5.41, 5.74) is 1.08. The minimum atomic E-state index is 0.480. The van der Waals surface area contributed by atoms with Gasteiger partial charge in [-0.3, -0.25) is 0 Å². The average molecular weight is 237 g/mol. The largest absolute Gasteiger partial charge is 0.493 e. The molecule has 0 fully saturated rings. The maximum absolute atomic E-state index is 5.27. The van der Waals surface area contributed by atoms with Crippen LogP contribution in [0.5, 0.6) is 11.5 Å². The van der Waals surface area contributed by atoms with Crippen LogP contribution >= 0.6 is 0 Å². The van der Waals surface area contributed by atoms with Crippen molar-refractivity contribution in [3.8, 4) is 11.5 Å². The van der Waals surface area contributed by atoms with Gasteiger partial charge in [0, 0.05) is 17.8 Å². The standard InChI is InChI=1S/C14H23NO2/c1-5-6-7-11(2)15-12-8-9-13(16-3)14(10-12)17-4/h8-11,15H,5-7H2,1-4H3. The Kier molecular flexibility index (Phi) is 5.67. The van der Waals surface area contributed by atoms with Gasteiger partial charge in [0.1, 0.15) is 0 Å². The number of rotatable bonds is 7. The molecule has 0 aromatic heterocycles. The fourth-order valence-corrected chi connectivity index (χ4v) is 1.79. The molecule has 1 aromatic carbocycles. The van der Waals surface area contributed by atoms with Crippen LogP contribution in [0.4, 0.5) is 5.69 Å². The second-order valence-electron chi connectivity index (χ2n) is 4.26. The third kappa shape index (κ3) is 4.17. The van der Waals surface area contributed by atoms with Crippen molar-refractivity contribution in [1.29, 1.82) is 0 Å². The lowest BCUT2D eigenvalue weighted by Gasteiger charge is -2.16. The van der Waals surface area contributed by atoms with Crippen LogP contribution in [0.1, 0.15) is 33.1 Å². The van der Waals surface area contributed by atoms with Gasteiger partial charge >= 0.3 is 0 Å². The van der Waals surface area contributed by atoms with Gasteiger partial charge in [0.15, 0.2) is 11.5 Å². The number of hydrogen-bond acceptors (Lipinski definition) is 3. The fraction of sp³-hybridized carbons (Fsp3) is 0.571. The minimum Gasteiger partial charge on any atom is -0.493 e. The third-order valence-electron chi connectivity index (χ3n) is 2.79. The van der Waals surface area contributed by atoms with Crippen molar-refractivity contribution in [2.45, 2.75) is 39.2 Å². The molecule has 0 aliphatic carbocycles. The van der Waals surface area contributed by atoms with Crippen LogP contribution in [-0.2, 0) is 0 Å². The van der Waals surface area contributed by atoms with Crippen LogP contribution in [-0.4, -0.2) is 20.3 Å². The molecule has 0 radical (unpaired) electrons. The molecular formula is C14H23NO2. The van der Waals surface area contributed by atoms with Crippen molar-refractivity contribution in [2.24, 2.45) is 0 Å². The maximum atomic E-state index is 5.27. The minimum absolute atomic E-state index is 0.480. The van der Waals surface area contributed by atoms with Crippen molar-refractivity contribution in [3.63, 3.8) is 0 Å². The van der Waals surface area contributed by atoms with Gasteiger partial charge in [-0.1, -0.05) is 19.8 Å². The Bertz CT molecular complexity index is 339. The molecule has 3 heteroatoms. The normalized spacial score (nSPS) is 12.0. The van der Waals surface area contributed by atoms with Crippen LogP contribution in [0.25, 0.3) is 0 Å². The lowest BCUT2D eigenvalue weighted by molar-refractivity contribution is 0.355. The van der Waals surface area contributed by atoms with E-state index in [2.05, 4.69) is 19.2 Å². The van der Waals surface area contributed by atoms with Gasteiger partial charge in [-0.15, -0.1) is 0 Å². The van der Waals surface area contributed by atoms with Crippen molar-refractivity contribution < 1.29 is 9.47 Å². The molecule has 3 nitrogen and oxygen atoms in total. The van der Waals surface area contributed by atoms with Crippen LogP contribution in [0.3, 0.4) is 0 Å². The third-order valence-corrected chi connectivity index (χ3v) is 2.79. The fourth-order valence-electron chi connectivity index (χ4n) is 1.79. The molecule has 1 aromatic rings. The maximum Gasteiger partial charge on any atom is 0.162 e. The number of anilines is 1. The summed E-state index contributed by atoms with van der Waals surface area (Å²) in [6.07, 6.45) is 3.67. The molecule has 1 N–H and O–H groups in total. The quantitative estimate of drug-likeness (QED) is 0.784. The molecule has 0 spiro atoms. The van der Waals surface area contributed by atoms with E-state index >= 15 is 0 Å². The first kappa shape index (κ1) is 13.7. The zero-order chi connectivity index (χ0) is 12.7. The second-order valence-corrected chi connectivity index (χ2v) is 4.26. The summed E-state index contributed by atoms with van der Waals surface area (Å²) in [5, 5.41) is 3.47. The summed E-state index contributed by atoms with van der Waals surface area (Å²) in [5.74, 6) is 1.53. The molecule has 1 unspecified atom stereocenters. The topological polar surface area (TPSA) is 30.5 Å². The molecule has 0 aliphatic heterocycles. The predicted molar refractivity (Wildman–Crippen MR) is 72.2 cm³/mol. The Balaban J connectivity index is 2.65. The van der Waals surface area contributed by atoms with E-state index in [0.717, 1.165) is 17.2 Å². The molecular weight excluding hydrogens is 214 g/mol. The number of benzene rings is 1. The molecule has 0 heterocycles. The first-order chi connectivity index (χ1) is 8.21. The van der Waals surface area contributed by atoms with Crippen molar-refractivity contribution in [3.05, 3.63) is 18.2 Å². The van der Waals surface area contributed by atoms with E-state index in [0.29, 0.717) is 6.04 Å². The molecule has 1 atom stereocenters. The number of hydrogen-bond donors (Lipinski definition) is 1. The van der Waals surface area contributed by atoms with E-state index in [1.807, 2.05) is 18.2 Å². The summed E-state index contributed by atoms with van der Waals surface area (Å²) in [6.45, 7) is 4.41. The number of unbranched alkanes of at least 4 members (excludes halogenated alkanes) is 1. The smallest absolute Gasteiger partial charge is 0.162 e. The van der Waals surface area contributed by atoms with Gasteiger partial charge < -0.3 is 14.8 Å². The van der Waals surface area contributed by atoms with Crippen molar-refractivity contribution in [2.75, 3.05) is 19.5 Å². The summed E-state index contributed by atoms with van der Waals surface area (Å²) in [7, 11) is 3.30. The van der Waals surface area contributed by atoms with E-state index in [9.17, 15) is 0 Å². The highest BCUT2D eigenvalue weighted by molar-refractivity contribution is 5.55. The van der Waals surface area contributed by atoms with Crippen LogP contribution in [0, 0.1) is 0 Å². The highest BCUT2D eigenvalue weighted by atomic mass is 16.5. The van der Waals surface area contributed by atoms with Gasteiger partial charge in [0.25, 0.3) is 0 Å². The Morgan fingerprint density at radius 2 is 1.88 bits per heavy atom. The van der Waals surface area contributed by atoms with Crippen molar-refractivity contribution in [1.82, 2.24) is 0 Å². The number of ether oxygens (including phenoxy) is 2. The van der Waals surface area contributed by atoms with Gasteiger partial charge in [0.05, 0.1) is 14.2 Å². The average Bonchev–Trinajstić information content (AvgIpc) is 2.36. The lowest BCUT2D eigenvalue weighted by Crippen LogP contribution is -2.14. The molecule has 0 amide bonds. The zero-order valence-electron chi connectivity index (χ0n) is 11.2. The molecule has 96 valence electrons. The summed E-state index contributed by atoms with van der Waals surface area (Å²) in [4.78, 5) is 0. The van der Waals surface area contributed by atoms with Crippen LogP contribution in [0.15, 0.2) is 18.2 Å². The molecule has 0 saturated heterocycles. The monoisotopic (exact) mass is 237 g/mol. The Hall–Kier alpha value is -1.38. The molecule has 1 rings (SSSR count). The molecule has 0 saturated carbocycles. The van der Waals surface area contributed by atoms with Crippen LogP contribution < -0.4 is 14.8 Å². The Labute approximate surface area is 104 Å². The molecule has 0 bridgehead atoms. The first-order valence-electron chi connectivity index (χ1n) is 6.19. The summed E-state index contributed by atoms with van der Waals surface area (Å²) < 4.78 is 10.5. The van der Waals surface area contributed by atoms with Gasteiger partial charge in [-0.2, -0.15) is 0 Å². The zero-order valence-corrected chi connectivity index (χ0v) is 11.2. The summed E-state index contributed by atoms with van der Waals surface area (Å²) >= 11 is 0. The van der Waals surface area contributed by atoms with Gasteiger partial charge in [-0.05, 0) is 25.5 Å². The highest BCUT2D eigenvalue weighted by Gasteiger charge is 2.06. The number of nitrogens with one attached hydrogen (secondary N) is 1. The van der Waals surface area contributed by atoms with Gasteiger partial charge in [0.2, 0.25) is 0 Å². The van der Waals surface area contributed by atoms with E-state index in [1.165, 1.54) is 19.3 Å². The van der Waals surface area contributed by atoms with Crippen molar-refractivity contribution >= 4 is 5.69 Å². The summed E-state index contributed by atoms with van der Waals surface area (Å²) in [6, 6.07) is 6.40. The second kappa shape index (κ2) is 7.05. The Morgan fingerprint density at radius 1 is 1.18 bits per heavy atom. The molecule has 17 heavy (non-hydrogen) atoms.